The van der Waals surface area contributed by atoms with Crippen molar-refractivity contribution in [3.05, 3.63) is 65.3 Å². The van der Waals surface area contributed by atoms with Crippen LogP contribution in [0.25, 0.3) is 11.3 Å². The van der Waals surface area contributed by atoms with Gasteiger partial charge in [-0.1, -0.05) is 28.9 Å². The first kappa shape index (κ1) is 22.0. The second kappa shape index (κ2) is 10.4. The van der Waals surface area contributed by atoms with Crippen molar-refractivity contribution in [2.75, 3.05) is 31.0 Å². The molecular formula is C21H18ClN3O6. The van der Waals surface area contributed by atoms with E-state index in [4.69, 9.17) is 20.9 Å². The molecule has 160 valence electrons. The first-order valence-corrected chi connectivity index (χ1v) is 9.40. The summed E-state index contributed by atoms with van der Waals surface area (Å²) in [7, 11) is 1.22. The smallest absolute Gasteiger partial charge is 0.340 e. The number of nitrogens with zero attached hydrogens (tertiary/aromatic N) is 1. The number of esters is 1. The van der Waals surface area contributed by atoms with Gasteiger partial charge in [0.2, 0.25) is 11.8 Å². The van der Waals surface area contributed by atoms with E-state index < -0.39 is 24.4 Å². The van der Waals surface area contributed by atoms with Crippen molar-refractivity contribution < 1.29 is 28.4 Å². The minimum atomic E-state index is -0.648. The summed E-state index contributed by atoms with van der Waals surface area (Å²) >= 11 is 5.88. The topological polar surface area (TPSA) is 120 Å². The highest BCUT2D eigenvalue weighted by Crippen LogP contribution is 2.23. The minimum absolute atomic E-state index is 0.104. The molecule has 1 aromatic heterocycles. The lowest BCUT2D eigenvalue weighted by atomic mass is 10.1. The van der Waals surface area contributed by atoms with Crippen molar-refractivity contribution in [3.8, 4) is 11.3 Å². The number of carbonyl (C=O) groups excluding carboxylic acids is 3. The number of anilines is 2. The second-order valence-corrected chi connectivity index (χ2v) is 6.66. The largest absolute Gasteiger partial charge is 0.465 e. The van der Waals surface area contributed by atoms with Crippen LogP contribution in [0.1, 0.15) is 10.4 Å². The predicted molar refractivity (Wildman–Crippen MR) is 113 cm³/mol. The summed E-state index contributed by atoms with van der Waals surface area (Å²) in [6.07, 6.45) is 1.53. The number of nitrogens with one attached hydrogen (secondary N) is 2. The molecule has 0 spiro atoms. The van der Waals surface area contributed by atoms with Gasteiger partial charge in [0.25, 0.3) is 0 Å². The number of aromatic nitrogens is 1. The van der Waals surface area contributed by atoms with E-state index in [1.165, 1.54) is 31.5 Å². The van der Waals surface area contributed by atoms with Crippen molar-refractivity contribution in [3.63, 3.8) is 0 Å². The van der Waals surface area contributed by atoms with E-state index in [0.717, 1.165) is 5.56 Å². The summed E-state index contributed by atoms with van der Waals surface area (Å²) in [4.78, 5) is 36.0. The van der Waals surface area contributed by atoms with E-state index in [1.54, 1.807) is 24.3 Å². The number of hydrogen-bond acceptors (Lipinski definition) is 7. The van der Waals surface area contributed by atoms with Crippen LogP contribution in [0.5, 0.6) is 0 Å². The first-order chi connectivity index (χ1) is 15.0. The van der Waals surface area contributed by atoms with E-state index in [9.17, 15) is 14.4 Å². The Bertz CT molecular complexity index is 1080. The zero-order valence-electron chi connectivity index (χ0n) is 16.4. The van der Waals surface area contributed by atoms with Crippen LogP contribution in [-0.2, 0) is 19.1 Å². The Hall–Kier alpha value is -3.69. The molecule has 31 heavy (non-hydrogen) atoms. The Kier molecular flexibility index (Phi) is 7.36. The fourth-order valence-electron chi connectivity index (χ4n) is 2.64. The summed E-state index contributed by atoms with van der Waals surface area (Å²) < 4.78 is 14.9. The number of benzene rings is 2. The summed E-state index contributed by atoms with van der Waals surface area (Å²) in [5.74, 6) is -1.07. The predicted octanol–water partition coefficient (Wildman–Crippen LogP) is 3.38. The van der Waals surface area contributed by atoms with Crippen molar-refractivity contribution in [1.29, 1.82) is 0 Å². The monoisotopic (exact) mass is 443 g/mol. The maximum absolute atomic E-state index is 12.1. The lowest BCUT2D eigenvalue weighted by Gasteiger charge is -2.11. The van der Waals surface area contributed by atoms with Crippen molar-refractivity contribution in [1.82, 2.24) is 5.16 Å². The Morgan fingerprint density at radius 3 is 2.52 bits per heavy atom. The van der Waals surface area contributed by atoms with Crippen LogP contribution < -0.4 is 10.6 Å². The molecule has 0 atom stereocenters. The summed E-state index contributed by atoms with van der Waals surface area (Å²) in [5, 5.41) is 9.17. The van der Waals surface area contributed by atoms with Gasteiger partial charge in [-0.25, -0.2) is 4.79 Å². The molecule has 0 saturated heterocycles. The zero-order chi connectivity index (χ0) is 22.2. The molecule has 2 aromatic carbocycles. The number of rotatable bonds is 8. The molecule has 3 rings (SSSR count). The summed E-state index contributed by atoms with van der Waals surface area (Å²) in [6, 6.07) is 13.1. The molecule has 0 bridgehead atoms. The van der Waals surface area contributed by atoms with E-state index in [2.05, 4.69) is 20.5 Å². The van der Waals surface area contributed by atoms with Gasteiger partial charge in [0.1, 0.15) is 13.2 Å². The Balaban J connectivity index is 1.49. The number of halogens is 1. The van der Waals surface area contributed by atoms with Crippen LogP contribution >= 0.6 is 11.6 Å². The van der Waals surface area contributed by atoms with E-state index in [1.807, 2.05) is 6.07 Å². The third-order valence-electron chi connectivity index (χ3n) is 4.00. The van der Waals surface area contributed by atoms with Gasteiger partial charge in [0, 0.05) is 22.3 Å². The fraction of sp³-hybridized carbons (Fsp3) is 0.143. The molecule has 0 radical (unpaired) electrons. The molecule has 2 amide bonds. The van der Waals surface area contributed by atoms with Gasteiger partial charge in [-0.3, -0.25) is 9.59 Å². The average Bonchev–Trinajstić information content (AvgIpc) is 3.29. The lowest BCUT2D eigenvalue weighted by molar-refractivity contribution is -0.125. The fourth-order valence-corrected chi connectivity index (χ4v) is 2.81. The molecule has 10 heteroatoms. The van der Waals surface area contributed by atoms with Crippen molar-refractivity contribution >= 4 is 40.8 Å². The molecular weight excluding hydrogens is 426 g/mol. The summed E-state index contributed by atoms with van der Waals surface area (Å²) in [6.45, 7) is -0.737. The van der Waals surface area contributed by atoms with Gasteiger partial charge >= 0.3 is 5.97 Å². The second-order valence-electron chi connectivity index (χ2n) is 6.23. The molecule has 0 saturated carbocycles. The zero-order valence-corrected chi connectivity index (χ0v) is 17.1. The van der Waals surface area contributed by atoms with E-state index in [-0.39, 0.29) is 17.9 Å². The molecule has 3 aromatic rings. The van der Waals surface area contributed by atoms with Gasteiger partial charge in [-0.05, 0) is 30.3 Å². The van der Waals surface area contributed by atoms with Gasteiger partial charge < -0.3 is 24.6 Å². The molecule has 9 nitrogen and oxygen atoms in total. The Morgan fingerprint density at radius 1 is 1.03 bits per heavy atom. The van der Waals surface area contributed by atoms with Crippen LogP contribution in [0.2, 0.25) is 5.02 Å². The minimum Gasteiger partial charge on any atom is -0.465 e. The number of carbonyl (C=O) groups is 3. The number of hydrogen-bond donors (Lipinski definition) is 2. The highest BCUT2D eigenvalue weighted by atomic mass is 35.5. The maximum atomic E-state index is 12.1. The number of methoxy groups -OCH3 is 1. The molecule has 1 heterocycles. The quantitative estimate of drug-likeness (QED) is 0.512. The molecule has 0 aliphatic carbocycles. The van der Waals surface area contributed by atoms with Gasteiger partial charge in [0.05, 0.1) is 24.6 Å². The van der Waals surface area contributed by atoms with Gasteiger partial charge in [0.15, 0.2) is 5.76 Å². The lowest BCUT2D eigenvalue weighted by Crippen LogP contribution is -2.24. The highest BCUT2D eigenvalue weighted by Gasteiger charge is 2.15. The molecule has 0 aliphatic heterocycles. The third kappa shape index (κ3) is 6.14. The standard InChI is InChI=1S/C21H18ClN3O6/c1-29-21(28)16-10-14(22)5-6-17(16)25-20(27)12-30-11-19(26)24-15-4-2-3-13(9-15)18-7-8-23-31-18/h2-10H,11-12H2,1H3,(H,24,26)(H,25,27). The van der Waals surface area contributed by atoms with Crippen LogP contribution in [0.15, 0.2) is 59.3 Å². The average molecular weight is 444 g/mol. The number of ether oxygens (including phenoxy) is 2. The first-order valence-electron chi connectivity index (χ1n) is 9.02. The SMILES string of the molecule is COC(=O)c1cc(Cl)ccc1NC(=O)COCC(=O)Nc1cccc(-c2ccno2)c1. The van der Waals surface area contributed by atoms with E-state index in [0.29, 0.717) is 16.5 Å². The Labute approximate surface area is 182 Å². The molecule has 0 aliphatic rings. The van der Waals surface area contributed by atoms with Crippen LogP contribution in [-0.4, -0.2) is 43.3 Å². The van der Waals surface area contributed by atoms with Crippen LogP contribution in [0.4, 0.5) is 11.4 Å². The molecule has 2 N–H and O–H groups in total. The van der Waals surface area contributed by atoms with Gasteiger partial charge in [-0.2, -0.15) is 0 Å². The maximum Gasteiger partial charge on any atom is 0.340 e. The van der Waals surface area contributed by atoms with E-state index >= 15 is 0 Å². The molecule has 0 fully saturated rings. The normalized spacial score (nSPS) is 10.4. The number of amides is 2. The highest BCUT2D eigenvalue weighted by molar-refractivity contribution is 6.31. The Morgan fingerprint density at radius 2 is 1.81 bits per heavy atom. The van der Waals surface area contributed by atoms with Gasteiger partial charge in [-0.15, -0.1) is 0 Å². The van der Waals surface area contributed by atoms with Crippen molar-refractivity contribution in [2.45, 2.75) is 0 Å². The van der Waals surface area contributed by atoms with Crippen LogP contribution in [0, 0.1) is 0 Å². The third-order valence-corrected chi connectivity index (χ3v) is 4.23. The van der Waals surface area contributed by atoms with Crippen LogP contribution in [0.3, 0.4) is 0 Å². The van der Waals surface area contributed by atoms with Crippen molar-refractivity contribution in [2.24, 2.45) is 0 Å². The summed E-state index contributed by atoms with van der Waals surface area (Å²) in [5.41, 5.74) is 1.61. The molecule has 0 unspecified atom stereocenters.